The average molecular weight is 564 g/mol. The minimum absolute atomic E-state index is 0.0314. The molecule has 1 aromatic heterocycles. The molecule has 0 unspecified atom stereocenters. The van der Waals surface area contributed by atoms with Crippen LogP contribution in [0.1, 0.15) is 46.9 Å². The molecule has 3 aromatic rings. The van der Waals surface area contributed by atoms with Crippen LogP contribution in [0.25, 0.3) is 10.9 Å². The highest BCUT2D eigenvalue weighted by Gasteiger charge is 2.30. The zero-order valence-corrected chi connectivity index (χ0v) is 22.5. The Bertz CT molecular complexity index is 1330. The van der Waals surface area contributed by atoms with E-state index in [1.807, 2.05) is 30.3 Å². The number of halogens is 1. The summed E-state index contributed by atoms with van der Waals surface area (Å²) < 4.78 is 34.0. The summed E-state index contributed by atoms with van der Waals surface area (Å²) in [6.07, 6.45) is 2.57. The molecule has 0 saturated carbocycles. The molecule has 188 valence electrons. The van der Waals surface area contributed by atoms with Crippen molar-refractivity contribution in [1.29, 1.82) is 0 Å². The molecule has 0 radical (unpaired) electrons. The van der Waals surface area contributed by atoms with Crippen LogP contribution in [0.3, 0.4) is 0 Å². The van der Waals surface area contributed by atoms with E-state index in [1.165, 1.54) is 0 Å². The fourth-order valence-corrected chi connectivity index (χ4v) is 6.69. The molecule has 35 heavy (non-hydrogen) atoms. The molecule has 0 amide bonds. The first-order valence-corrected chi connectivity index (χ1v) is 14.5. The van der Waals surface area contributed by atoms with Crippen LogP contribution >= 0.6 is 15.9 Å². The van der Waals surface area contributed by atoms with Crippen molar-refractivity contribution in [2.75, 3.05) is 25.4 Å². The summed E-state index contributed by atoms with van der Waals surface area (Å²) in [5.74, 6) is -0.827. The molecule has 1 aliphatic heterocycles. The van der Waals surface area contributed by atoms with Gasteiger partial charge in [-0.2, -0.15) is 0 Å². The number of aryl methyl sites for hydroxylation is 2. The lowest BCUT2D eigenvalue weighted by Gasteiger charge is -2.18. The second-order valence-electron chi connectivity index (χ2n) is 8.99. The van der Waals surface area contributed by atoms with Gasteiger partial charge in [0.25, 0.3) is 0 Å². The van der Waals surface area contributed by atoms with E-state index in [2.05, 4.69) is 20.8 Å². The standard InChI is InChI=1S/C26H31BrN2O5S/c1-3-34-26(31)24-22(17-35(32,33)14-11-18-9-5-4-6-10-18)28(2)21-15-20(27)25(30)19(23(21)24)16-29-12-7-8-13-29/h4-6,9-10,15,30H,3,7-8,11-14,16-17H2,1-2H3. The zero-order valence-electron chi connectivity index (χ0n) is 20.1. The molecule has 1 fully saturated rings. The zero-order chi connectivity index (χ0) is 25.2. The van der Waals surface area contributed by atoms with E-state index >= 15 is 0 Å². The van der Waals surface area contributed by atoms with Crippen LogP contribution in [0.4, 0.5) is 0 Å². The van der Waals surface area contributed by atoms with Crippen molar-refractivity contribution in [2.24, 2.45) is 7.05 Å². The Kier molecular flexibility index (Phi) is 7.88. The van der Waals surface area contributed by atoms with Crippen molar-refractivity contribution in [3.8, 4) is 5.75 Å². The summed E-state index contributed by atoms with van der Waals surface area (Å²) in [5, 5.41) is 11.5. The normalized spacial score (nSPS) is 14.6. The number of hydrogen-bond acceptors (Lipinski definition) is 6. The molecule has 2 aromatic carbocycles. The predicted octanol–water partition coefficient (Wildman–Crippen LogP) is 4.58. The Hall–Kier alpha value is -2.36. The summed E-state index contributed by atoms with van der Waals surface area (Å²) in [6.45, 7) is 4.18. The highest BCUT2D eigenvalue weighted by Crippen LogP contribution is 2.40. The van der Waals surface area contributed by atoms with Crippen molar-refractivity contribution < 1.29 is 23.1 Å². The number of aromatic hydroxyl groups is 1. The molecule has 1 aliphatic rings. The second kappa shape index (κ2) is 10.7. The number of phenols is 1. The maximum atomic E-state index is 13.2. The number of esters is 1. The van der Waals surface area contributed by atoms with Crippen molar-refractivity contribution in [3.05, 3.63) is 63.3 Å². The van der Waals surface area contributed by atoms with Crippen LogP contribution in [0.5, 0.6) is 5.75 Å². The van der Waals surface area contributed by atoms with Crippen LogP contribution in [0.15, 0.2) is 40.9 Å². The first-order chi connectivity index (χ1) is 16.7. The van der Waals surface area contributed by atoms with Gasteiger partial charge < -0.3 is 14.4 Å². The fraction of sp³-hybridized carbons (Fsp3) is 0.423. The molecule has 0 bridgehead atoms. The molecule has 4 rings (SSSR count). The van der Waals surface area contributed by atoms with E-state index in [-0.39, 0.29) is 29.4 Å². The molecule has 0 spiro atoms. The van der Waals surface area contributed by atoms with Gasteiger partial charge in [0.2, 0.25) is 0 Å². The topological polar surface area (TPSA) is 88.8 Å². The van der Waals surface area contributed by atoms with Gasteiger partial charge in [-0.25, -0.2) is 13.2 Å². The predicted molar refractivity (Wildman–Crippen MR) is 140 cm³/mol. The molecule has 7 nitrogen and oxygen atoms in total. The van der Waals surface area contributed by atoms with Gasteiger partial charge in [-0.05, 0) is 66.8 Å². The fourth-order valence-electron chi connectivity index (χ4n) is 4.79. The van der Waals surface area contributed by atoms with Gasteiger partial charge in [0.15, 0.2) is 9.84 Å². The molecule has 1 saturated heterocycles. The number of carbonyl (C=O) groups excluding carboxylic acids is 1. The van der Waals surface area contributed by atoms with Crippen molar-refractivity contribution in [2.45, 2.75) is 38.5 Å². The van der Waals surface area contributed by atoms with E-state index in [0.717, 1.165) is 31.5 Å². The number of benzene rings is 2. The summed E-state index contributed by atoms with van der Waals surface area (Å²) in [6, 6.07) is 11.2. The number of phenolic OH excluding ortho intramolecular Hbond substituents is 1. The number of carbonyl (C=O) groups is 1. The smallest absolute Gasteiger partial charge is 0.340 e. The Morgan fingerprint density at radius 1 is 1.17 bits per heavy atom. The molecular formula is C26H31BrN2O5S. The quantitative estimate of drug-likeness (QED) is 0.384. The van der Waals surface area contributed by atoms with Gasteiger partial charge in [-0.3, -0.25) is 4.90 Å². The number of likely N-dealkylation sites (tertiary alicyclic amines) is 1. The lowest BCUT2D eigenvalue weighted by Crippen LogP contribution is -2.19. The van der Waals surface area contributed by atoms with E-state index < -0.39 is 15.8 Å². The lowest BCUT2D eigenvalue weighted by atomic mass is 10.0. The summed E-state index contributed by atoms with van der Waals surface area (Å²) in [4.78, 5) is 15.4. The van der Waals surface area contributed by atoms with Gasteiger partial charge in [0.05, 0.1) is 33.7 Å². The maximum Gasteiger partial charge on any atom is 0.340 e. The van der Waals surface area contributed by atoms with Gasteiger partial charge in [0, 0.05) is 30.2 Å². The monoisotopic (exact) mass is 562 g/mol. The number of ether oxygens (including phenoxy) is 1. The number of nitrogens with zero attached hydrogens (tertiary/aromatic N) is 2. The second-order valence-corrected chi connectivity index (χ2v) is 12.0. The van der Waals surface area contributed by atoms with Crippen molar-refractivity contribution in [3.63, 3.8) is 0 Å². The number of rotatable bonds is 9. The third-order valence-corrected chi connectivity index (χ3v) is 8.74. The van der Waals surface area contributed by atoms with Crippen molar-refractivity contribution >= 4 is 42.6 Å². The van der Waals surface area contributed by atoms with E-state index in [1.54, 1.807) is 24.6 Å². The minimum atomic E-state index is -3.54. The highest BCUT2D eigenvalue weighted by molar-refractivity contribution is 9.10. The van der Waals surface area contributed by atoms with Crippen LogP contribution in [0.2, 0.25) is 0 Å². The first kappa shape index (κ1) is 25.7. The number of hydrogen-bond donors (Lipinski definition) is 1. The van der Waals surface area contributed by atoms with Gasteiger partial charge in [0.1, 0.15) is 5.75 Å². The summed E-state index contributed by atoms with van der Waals surface area (Å²) >= 11 is 3.45. The molecule has 1 N–H and O–H groups in total. The SMILES string of the molecule is CCOC(=O)c1c(CS(=O)(=O)CCc2ccccc2)n(C)c2cc(Br)c(O)c(CN3CCCC3)c12. The Balaban J connectivity index is 1.80. The Labute approximate surface area is 214 Å². The van der Waals surface area contributed by atoms with Gasteiger partial charge in [-0.15, -0.1) is 0 Å². The average Bonchev–Trinajstić information content (AvgIpc) is 3.43. The molecule has 2 heterocycles. The van der Waals surface area contributed by atoms with Gasteiger partial charge in [-0.1, -0.05) is 30.3 Å². The van der Waals surface area contributed by atoms with E-state index in [9.17, 15) is 18.3 Å². The minimum Gasteiger partial charge on any atom is -0.506 e. The van der Waals surface area contributed by atoms with Crippen LogP contribution < -0.4 is 0 Å². The molecule has 9 heteroatoms. The van der Waals surface area contributed by atoms with Gasteiger partial charge >= 0.3 is 5.97 Å². The maximum absolute atomic E-state index is 13.2. The number of aromatic nitrogens is 1. The lowest BCUT2D eigenvalue weighted by molar-refractivity contribution is 0.0527. The van der Waals surface area contributed by atoms with Crippen LogP contribution in [-0.4, -0.2) is 54.4 Å². The van der Waals surface area contributed by atoms with Crippen LogP contribution in [0, 0.1) is 0 Å². The third-order valence-electron chi connectivity index (χ3n) is 6.60. The Morgan fingerprint density at radius 3 is 2.51 bits per heavy atom. The van der Waals surface area contributed by atoms with Crippen LogP contribution in [-0.2, 0) is 40.3 Å². The van der Waals surface area contributed by atoms with Crippen molar-refractivity contribution in [1.82, 2.24) is 9.47 Å². The van der Waals surface area contributed by atoms with E-state index in [4.69, 9.17) is 4.74 Å². The number of sulfone groups is 1. The first-order valence-electron chi connectivity index (χ1n) is 11.9. The highest BCUT2D eigenvalue weighted by atomic mass is 79.9. The Morgan fingerprint density at radius 2 is 1.86 bits per heavy atom. The molecular weight excluding hydrogens is 532 g/mol. The molecule has 0 atom stereocenters. The molecule has 0 aliphatic carbocycles. The third kappa shape index (κ3) is 5.57. The largest absolute Gasteiger partial charge is 0.506 e. The summed E-state index contributed by atoms with van der Waals surface area (Å²) in [7, 11) is -1.78. The number of fused-ring (bicyclic) bond motifs is 1. The van der Waals surface area contributed by atoms with E-state index in [0.29, 0.717) is 39.6 Å². The summed E-state index contributed by atoms with van der Waals surface area (Å²) in [5.41, 5.74) is 2.85.